The highest BCUT2D eigenvalue weighted by Crippen LogP contribution is 2.57. The average Bonchev–Trinajstić information content (AvgIpc) is 1.69. The predicted octanol–water partition coefficient (Wildman–Crippen LogP) is 26.3. The molecular weight excluding hydrogens is 1320 g/mol. The fourth-order valence-corrected chi connectivity index (χ4v) is 19.9. The lowest BCUT2D eigenvalue weighted by Gasteiger charge is -2.46. The van der Waals surface area contributed by atoms with Crippen molar-refractivity contribution in [1.82, 2.24) is 9.13 Å². The molecule has 0 N–H and O–H groups in total. The molecular formula is C104H67BN4. The van der Waals surface area contributed by atoms with Crippen molar-refractivity contribution in [3.8, 4) is 67.0 Å². The number of anilines is 6. The summed E-state index contributed by atoms with van der Waals surface area (Å²) in [4.78, 5) is 5.47. The fourth-order valence-electron chi connectivity index (χ4n) is 19.9. The van der Waals surface area contributed by atoms with Crippen molar-refractivity contribution in [2.24, 2.45) is 0 Å². The average molecular weight is 1380 g/mol. The van der Waals surface area contributed by atoms with Crippen molar-refractivity contribution in [1.29, 1.82) is 0 Å². The number of rotatable bonds is 9. The van der Waals surface area contributed by atoms with Gasteiger partial charge in [-0.2, -0.15) is 0 Å². The van der Waals surface area contributed by atoms with Gasteiger partial charge in [0, 0.05) is 77.9 Å². The normalized spacial score (nSPS) is 13.0. The lowest BCUT2D eigenvalue weighted by atomic mass is 9.33. The minimum absolute atomic E-state index is 0.260. The third-order valence-electron chi connectivity index (χ3n) is 24.6. The molecule has 0 spiro atoms. The van der Waals surface area contributed by atoms with Gasteiger partial charge in [-0.25, -0.2) is 0 Å². The first-order valence-electron chi connectivity index (χ1n) is 38.3. The molecule has 0 atom stereocenters. The third-order valence-corrected chi connectivity index (χ3v) is 24.6. The van der Waals surface area contributed by atoms with E-state index in [0.29, 0.717) is 0 Å². The van der Waals surface area contributed by atoms with Crippen LogP contribution in [0.1, 0.15) is 26.3 Å². The standard InChI is InChI=1S/C104H67BN4/c1-104(2,3)72-58-91-101-92(59-72)109(103-81(65-30-15-7-16-31-65)56-71(62-24-9-4-10-25-62)57-82(103)66-32-17-8-18-33-66)90-61-74(107-87-54-46-69-36-21-42-79-80-43-22-37-70-47-55-88(107)100(96(70)80)99(87)95(69)79)49-51-84(90)105(101)83-50-48-73(60-89(83)108(91)102-75(63-26-11-5-12-27-63)38-23-39-76(102)64-28-13-6-14-29-64)106-85-52-44-67-34-19-40-77-78-41-20-35-68-45-53-86(106)98(94(68)78)97(85)93(67)77/h4-61H,1-3H3. The van der Waals surface area contributed by atoms with Gasteiger partial charge in [0.2, 0.25) is 0 Å². The Morgan fingerprint density at radius 2 is 0.560 bits per heavy atom. The van der Waals surface area contributed by atoms with Gasteiger partial charge >= 0.3 is 0 Å². The Morgan fingerprint density at radius 1 is 0.239 bits per heavy atom. The second kappa shape index (κ2) is 22.4. The lowest BCUT2D eigenvalue weighted by molar-refractivity contribution is 0.590. The SMILES string of the molecule is CC(C)(C)c1cc2c3c(c1)N(c1c(-c4ccccc4)cc(-c4ccccc4)cc1-c1ccccc1)c1cc(-n4c5ccc6cccc7c8cccc9ccc4c(c98)c5c67)ccc1B3c1ccc(-n3c4ccc5cccc6c7cccc8ccc3c(c87)c4c56)cc1N2c1c(-c2ccccc2)cccc1-c1ccccc1. The molecule has 24 rings (SSSR count). The molecule has 0 saturated heterocycles. The molecule has 0 saturated carbocycles. The molecule has 2 aromatic heterocycles. The summed E-state index contributed by atoms with van der Waals surface area (Å²) in [5.74, 6) is 0. The molecule has 4 heterocycles. The smallest absolute Gasteiger partial charge is 0.252 e. The summed E-state index contributed by atoms with van der Waals surface area (Å²) in [7, 11) is 0. The minimum Gasteiger partial charge on any atom is -0.310 e. The van der Waals surface area contributed by atoms with Crippen LogP contribution in [0.25, 0.3) is 175 Å². The van der Waals surface area contributed by atoms with Crippen molar-refractivity contribution < 1.29 is 0 Å². The van der Waals surface area contributed by atoms with Gasteiger partial charge in [0.1, 0.15) is 0 Å². The topological polar surface area (TPSA) is 16.3 Å². The number of hydrogen-bond donors (Lipinski definition) is 0. The number of hydrogen-bond acceptors (Lipinski definition) is 2. The summed E-state index contributed by atoms with van der Waals surface area (Å²) < 4.78 is 5.19. The van der Waals surface area contributed by atoms with E-state index in [1.807, 2.05) is 0 Å². The van der Waals surface area contributed by atoms with E-state index in [2.05, 4.69) is 392 Å². The highest BCUT2D eigenvalue weighted by Gasteiger charge is 2.47. The van der Waals surface area contributed by atoms with Crippen LogP contribution in [0.3, 0.4) is 0 Å². The van der Waals surface area contributed by atoms with Crippen molar-refractivity contribution in [2.45, 2.75) is 26.2 Å². The quantitative estimate of drug-likeness (QED) is 0.0813. The summed E-state index contributed by atoms with van der Waals surface area (Å²) >= 11 is 0. The van der Waals surface area contributed by atoms with Crippen LogP contribution in [-0.2, 0) is 5.41 Å². The van der Waals surface area contributed by atoms with E-state index in [0.717, 1.165) is 101 Å². The first-order chi connectivity index (χ1) is 53.8. The Hall–Kier alpha value is -13.7. The highest BCUT2D eigenvalue weighted by atomic mass is 15.2. The lowest BCUT2D eigenvalue weighted by Crippen LogP contribution is -2.61. The molecule has 109 heavy (non-hydrogen) atoms. The van der Waals surface area contributed by atoms with E-state index in [1.54, 1.807) is 0 Å². The summed E-state index contributed by atoms with van der Waals surface area (Å²) in [6.45, 7) is 6.96. The largest absolute Gasteiger partial charge is 0.310 e. The van der Waals surface area contributed by atoms with E-state index in [1.165, 1.54) is 130 Å². The molecule has 2 aliphatic heterocycles. The Bertz CT molecular complexity index is 7170. The van der Waals surface area contributed by atoms with E-state index in [4.69, 9.17) is 0 Å². The zero-order valence-corrected chi connectivity index (χ0v) is 60.4. The Labute approximate surface area is 630 Å². The molecule has 5 heteroatoms. The molecule has 20 aromatic carbocycles. The van der Waals surface area contributed by atoms with E-state index in [9.17, 15) is 0 Å². The van der Waals surface area contributed by atoms with E-state index < -0.39 is 0 Å². The van der Waals surface area contributed by atoms with Crippen LogP contribution >= 0.6 is 0 Å². The van der Waals surface area contributed by atoms with Gasteiger partial charge in [-0.3, -0.25) is 0 Å². The molecule has 0 radical (unpaired) electrons. The van der Waals surface area contributed by atoms with Crippen molar-refractivity contribution in [3.63, 3.8) is 0 Å². The third kappa shape index (κ3) is 8.44. The zero-order valence-electron chi connectivity index (χ0n) is 60.4. The zero-order chi connectivity index (χ0) is 71.6. The van der Waals surface area contributed by atoms with Crippen LogP contribution in [0, 0.1) is 0 Å². The second-order valence-corrected chi connectivity index (χ2v) is 31.3. The first-order valence-corrected chi connectivity index (χ1v) is 38.3. The van der Waals surface area contributed by atoms with Crippen LogP contribution in [0.4, 0.5) is 34.1 Å². The predicted molar refractivity (Wildman–Crippen MR) is 465 cm³/mol. The molecule has 0 aliphatic carbocycles. The molecule has 506 valence electrons. The van der Waals surface area contributed by atoms with Gasteiger partial charge in [0.25, 0.3) is 6.71 Å². The molecule has 0 unspecified atom stereocenters. The molecule has 22 aromatic rings. The molecule has 0 fully saturated rings. The summed E-state index contributed by atoms with van der Waals surface area (Å²) in [6, 6.07) is 134. The highest BCUT2D eigenvalue weighted by molar-refractivity contribution is 7.00. The summed E-state index contributed by atoms with van der Waals surface area (Å²) in [6.07, 6.45) is 0. The summed E-state index contributed by atoms with van der Waals surface area (Å²) in [5.41, 5.74) is 29.9. The number of benzene rings is 20. The van der Waals surface area contributed by atoms with Crippen LogP contribution in [0.5, 0.6) is 0 Å². The van der Waals surface area contributed by atoms with Gasteiger partial charge in [0.05, 0.1) is 33.4 Å². The molecule has 2 aliphatic rings. The van der Waals surface area contributed by atoms with Gasteiger partial charge < -0.3 is 18.9 Å². The van der Waals surface area contributed by atoms with E-state index in [-0.39, 0.29) is 12.1 Å². The number of para-hydroxylation sites is 1. The Balaban J connectivity index is 0.867. The van der Waals surface area contributed by atoms with Gasteiger partial charge in [-0.15, -0.1) is 0 Å². The monoisotopic (exact) mass is 1380 g/mol. The fraction of sp³-hybridized carbons (Fsp3) is 0.0385. The Morgan fingerprint density at radius 3 is 0.908 bits per heavy atom. The molecule has 4 nitrogen and oxygen atoms in total. The Kier molecular flexibility index (Phi) is 12.4. The number of aromatic nitrogens is 2. The van der Waals surface area contributed by atoms with Crippen LogP contribution in [0.15, 0.2) is 352 Å². The van der Waals surface area contributed by atoms with Crippen LogP contribution < -0.4 is 26.2 Å². The maximum atomic E-state index is 2.74. The molecule has 0 amide bonds. The minimum atomic E-state index is -0.345. The molecule has 0 bridgehead atoms. The van der Waals surface area contributed by atoms with Gasteiger partial charge in [-0.1, -0.05) is 300 Å². The number of fused-ring (bicyclic) bond motifs is 6. The first kappa shape index (κ1) is 60.5. The van der Waals surface area contributed by atoms with Gasteiger partial charge in [-0.05, 0) is 198 Å². The van der Waals surface area contributed by atoms with Crippen molar-refractivity contribution >= 4 is 165 Å². The van der Waals surface area contributed by atoms with Crippen LogP contribution in [0.2, 0.25) is 0 Å². The van der Waals surface area contributed by atoms with Crippen molar-refractivity contribution in [3.05, 3.63) is 357 Å². The van der Waals surface area contributed by atoms with Crippen LogP contribution in [-0.4, -0.2) is 15.8 Å². The maximum Gasteiger partial charge on any atom is 0.252 e. The van der Waals surface area contributed by atoms with E-state index >= 15 is 0 Å². The van der Waals surface area contributed by atoms with Crippen molar-refractivity contribution in [2.75, 3.05) is 9.80 Å². The van der Waals surface area contributed by atoms with Gasteiger partial charge in [0.15, 0.2) is 0 Å². The number of nitrogens with zero attached hydrogens (tertiary/aromatic N) is 4. The maximum absolute atomic E-state index is 2.74. The summed E-state index contributed by atoms with van der Waals surface area (Å²) in [5, 5.41) is 20.8. The second-order valence-electron chi connectivity index (χ2n) is 31.3.